The molecular formula is C24H32N4O4. The number of piperidine rings is 1. The molecule has 1 aliphatic carbocycles. The number of rotatable bonds is 6. The minimum Gasteiger partial charge on any atom is -0.489 e. The number of carbonyl (C=O) groups excluding carboxylic acids is 2. The van der Waals surface area contributed by atoms with E-state index in [-0.39, 0.29) is 30.2 Å². The van der Waals surface area contributed by atoms with Gasteiger partial charge in [-0.25, -0.2) is 4.79 Å². The van der Waals surface area contributed by atoms with Crippen LogP contribution in [0, 0.1) is 5.41 Å². The first-order valence-electron chi connectivity index (χ1n) is 11.4. The monoisotopic (exact) mass is 440 g/mol. The minimum atomic E-state index is -0.374. The van der Waals surface area contributed by atoms with Crippen LogP contribution in [0.25, 0.3) is 5.57 Å². The smallest absolute Gasteiger partial charge is 0.414 e. The second kappa shape index (κ2) is 9.63. The number of hydrogen-bond donors (Lipinski definition) is 3. The van der Waals surface area contributed by atoms with Crippen molar-refractivity contribution in [3.05, 3.63) is 29.5 Å². The quantitative estimate of drug-likeness (QED) is 0.589. The van der Waals surface area contributed by atoms with Crippen LogP contribution in [0.2, 0.25) is 0 Å². The van der Waals surface area contributed by atoms with Gasteiger partial charge in [0.05, 0.1) is 18.9 Å². The fourth-order valence-electron chi connectivity index (χ4n) is 4.53. The van der Waals surface area contributed by atoms with Crippen LogP contribution >= 0.6 is 0 Å². The Morgan fingerprint density at radius 2 is 2.09 bits per heavy atom. The van der Waals surface area contributed by atoms with E-state index >= 15 is 0 Å². The van der Waals surface area contributed by atoms with Gasteiger partial charge in [0.25, 0.3) is 0 Å². The van der Waals surface area contributed by atoms with Gasteiger partial charge in [0.1, 0.15) is 5.75 Å². The van der Waals surface area contributed by atoms with Gasteiger partial charge in [0.15, 0.2) is 0 Å². The molecule has 1 aromatic rings. The molecule has 2 heterocycles. The molecule has 0 aromatic heterocycles. The minimum absolute atomic E-state index is 0.0363. The lowest BCUT2D eigenvalue weighted by molar-refractivity contribution is -0.122. The number of benzene rings is 1. The lowest BCUT2D eigenvalue weighted by atomic mass is 9.91. The summed E-state index contributed by atoms with van der Waals surface area (Å²) >= 11 is 0. The fourth-order valence-corrected chi connectivity index (χ4v) is 4.53. The van der Waals surface area contributed by atoms with Gasteiger partial charge in [0, 0.05) is 54.2 Å². The second-order valence-electron chi connectivity index (χ2n) is 8.79. The third kappa shape index (κ3) is 4.45. The maximum absolute atomic E-state index is 12.5. The number of hydrogen-bond acceptors (Lipinski definition) is 6. The summed E-state index contributed by atoms with van der Waals surface area (Å²) in [7, 11) is 1.40. The Bertz CT molecular complexity index is 925. The van der Waals surface area contributed by atoms with E-state index in [4.69, 9.17) is 14.9 Å². The van der Waals surface area contributed by atoms with Crippen molar-refractivity contribution in [2.45, 2.75) is 70.1 Å². The van der Waals surface area contributed by atoms with E-state index in [1.54, 1.807) is 4.90 Å². The van der Waals surface area contributed by atoms with Crippen LogP contribution in [0.3, 0.4) is 0 Å². The molecule has 1 saturated heterocycles. The average Bonchev–Trinajstić information content (AvgIpc) is 2.76. The number of allylic oxidation sites excluding steroid dienone is 1. The van der Waals surface area contributed by atoms with Gasteiger partial charge < -0.3 is 25.5 Å². The van der Waals surface area contributed by atoms with E-state index in [9.17, 15) is 9.59 Å². The molecule has 2 atom stereocenters. The average molecular weight is 441 g/mol. The molecule has 3 aliphatic rings. The van der Waals surface area contributed by atoms with Crippen LogP contribution in [0.15, 0.2) is 18.3 Å². The first-order valence-corrected chi connectivity index (χ1v) is 11.4. The van der Waals surface area contributed by atoms with Gasteiger partial charge >= 0.3 is 6.09 Å². The molecule has 32 heavy (non-hydrogen) atoms. The van der Waals surface area contributed by atoms with Crippen LogP contribution in [0.5, 0.6) is 5.75 Å². The lowest BCUT2D eigenvalue weighted by Gasteiger charge is -2.37. The summed E-state index contributed by atoms with van der Waals surface area (Å²) in [6.45, 7) is 2.67. The molecular weight excluding hydrogens is 408 g/mol. The molecule has 1 saturated carbocycles. The molecule has 2 amide bonds. The van der Waals surface area contributed by atoms with E-state index < -0.39 is 0 Å². The highest BCUT2D eigenvalue weighted by atomic mass is 16.5. The van der Waals surface area contributed by atoms with Crippen molar-refractivity contribution < 1.29 is 19.1 Å². The van der Waals surface area contributed by atoms with Gasteiger partial charge in [-0.3, -0.25) is 9.69 Å². The molecule has 8 nitrogen and oxygen atoms in total. The van der Waals surface area contributed by atoms with Crippen LogP contribution < -0.4 is 20.3 Å². The molecule has 1 unspecified atom stereocenters. The van der Waals surface area contributed by atoms with Crippen molar-refractivity contribution in [1.82, 2.24) is 10.6 Å². The predicted octanol–water partition coefficient (Wildman–Crippen LogP) is 3.38. The molecule has 4 rings (SSSR count). The SMILES string of the molecule is COC(=O)N1c2ccc(/C(C=N)=C/NC3CCNC(=O)C3)c(OC3CCC3)c2CC[C@@H]1C. The van der Waals surface area contributed by atoms with E-state index in [0.717, 1.165) is 61.1 Å². The van der Waals surface area contributed by atoms with Gasteiger partial charge in [-0.1, -0.05) is 0 Å². The van der Waals surface area contributed by atoms with E-state index in [0.29, 0.717) is 18.5 Å². The first kappa shape index (κ1) is 22.2. The highest BCUT2D eigenvalue weighted by molar-refractivity contribution is 6.10. The molecule has 0 radical (unpaired) electrons. The summed E-state index contributed by atoms with van der Waals surface area (Å²) in [4.78, 5) is 25.9. The Morgan fingerprint density at radius 1 is 1.28 bits per heavy atom. The summed E-state index contributed by atoms with van der Waals surface area (Å²) in [6.07, 6.45) is 8.96. The molecule has 8 heteroatoms. The summed E-state index contributed by atoms with van der Waals surface area (Å²) in [5, 5.41) is 14.2. The third-order valence-corrected chi connectivity index (χ3v) is 6.64. The maximum Gasteiger partial charge on any atom is 0.414 e. The molecule has 2 fully saturated rings. The highest BCUT2D eigenvalue weighted by Gasteiger charge is 2.33. The van der Waals surface area contributed by atoms with Crippen LogP contribution in [-0.4, -0.2) is 50.1 Å². The van der Waals surface area contributed by atoms with Crippen molar-refractivity contribution in [2.24, 2.45) is 0 Å². The second-order valence-corrected chi connectivity index (χ2v) is 8.79. The first-order chi connectivity index (χ1) is 15.5. The largest absolute Gasteiger partial charge is 0.489 e. The Labute approximate surface area is 188 Å². The van der Waals surface area contributed by atoms with E-state index in [1.807, 2.05) is 25.3 Å². The number of methoxy groups -OCH3 is 1. The van der Waals surface area contributed by atoms with Crippen LogP contribution in [0.1, 0.15) is 56.6 Å². The Balaban J connectivity index is 1.70. The zero-order valence-electron chi connectivity index (χ0n) is 18.8. The Kier molecular flexibility index (Phi) is 6.67. The van der Waals surface area contributed by atoms with E-state index in [1.165, 1.54) is 13.3 Å². The zero-order chi connectivity index (χ0) is 22.7. The van der Waals surface area contributed by atoms with Crippen LogP contribution in [-0.2, 0) is 16.0 Å². The third-order valence-electron chi connectivity index (χ3n) is 6.64. The van der Waals surface area contributed by atoms with Crippen molar-refractivity contribution in [2.75, 3.05) is 18.6 Å². The molecule has 0 spiro atoms. The maximum atomic E-state index is 12.5. The van der Waals surface area contributed by atoms with Crippen molar-refractivity contribution >= 4 is 29.5 Å². The molecule has 1 aromatic carbocycles. The molecule has 0 bridgehead atoms. The van der Waals surface area contributed by atoms with Crippen molar-refractivity contribution in [3.63, 3.8) is 0 Å². The number of ether oxygens (including phenoxy) is 2. The number of carbonyl (C=O) groups is 2. The fraction of sp³-hybridized carbons (Fsp3) is 0.542. The summed E-state index contributed by atoms with van der Waals surface area (Å²) < 4.78 is 11.5. The molecule has 3 N–H and O–H groups in total. The van der Waals surface area contributed by atoms with Gasteiger partial charge in [0.2, 0.25) is 5.91 Å². The highest BCUT2D eigenvalue weighted by Crippen LogP contribution is 2.43. The van der Waals surface area contributed by atoms with Gasteiger partial charge in [-0.15, -0.1) is 0 Å². The summed E-state index contributed by atoms with van der Waals surface area (Å²) in [5.74, 6) is 0.796. The standard InChI is InChI=1S/C24H32N4O4/c1-15-6-7-20-21(28(15)24(30)31-2)9-8-19(23(20)32-18-4-3-5-18)16(13-25)14-27-17-10-11-26-22(29)12-17/h8-9,13-15,17-18,25,27H,3-7,10-12H2,1-2H3,(H,26,29)/b16-14+,25-13?/t15-,17?/m0/s1. The Morgan fingerprint density at radius 3 is 2.75 bits per heavy atom. The van der Waals surface area contributed by atoms with Crippen molar-refractivity contribution in [3.8, 4) is 5.75 Å². The van der Waals surface area contributed by atoms with Gasteiger partial charge in [-0.05, 0) is 57.6 Å². The van der Waals surface area contributed by atoms with Crippen molar-refractivity contribution in [1.29, 1.82) is 5.41 Å². The predicted molar refractivity (Wildman–Crippen MR) is 123 cm³/mol. The number of amides is 2. The topological polar surface area (TPSA) is 104 Å². The lowest BCUT2D eigenvalue weighted by Crippen LogP contribution is -2.42. The summed E-state index contributed by atoms with van der Waals surface area (Å²) in [5.41, 5.74) is 3.33. The Hall–Kier alpha value is -3.03. The zero-order valence-corrected chi connectivity index (χ0v) is 18.8. The number of nitrogens with zero attached hydrogens (tertiary/aromatic N) is 1. The number of fused-ring (bicyclic) bond motifs is 1. The normalized spacial score (nSPS) is 23.5. The molecule has 172 valence electrons. The van der Waals surface area contributed by atoms with Gasteiger partial charge in [-0.2, -0.15) is 0 Å². The van der Waals surface area contributed by atoms with Crippen LogP contribution in [0.4, 0.5) is 10.5 Å². The summed E-state index contributed by atoms with van der Waals surface area (Å²) in [6, 6.07) is 3.93. The molecule has 2 aliphatic heterocycles. The van der Waals surface area contributed by atoms with E-state index in [2.05, 4.69) is 10.6 Å². The number of anilines is 1. The number of nitrogens with one attached hydrogen (secondary N) is 3.